The third kappa shape index (κ3) is 5.36. The number of nitrogens with zero attached hydrogens (tertiary/aromatic N) is 1. The van der Waals surface area contributed by atoms with Crippen LogP contribution in [0.1, 0.15) is 47.0 Å². The summed E-state index contributed by atoms with van der Waals surface area (Å²) in [6.07, 6.45) is 1.19. The second-order valence-corrected chi connectivity index (χ2v) is 6.13. The number of carbonyl (C=O) groups is 2. The Morgan fingerprint density at radius 1 is 1.35 bits per heavy atom. The molecule has 1 amide bonds. The van der Waals surface area contributed by atoms with Crippen molar-refractivity contribution in [2.45, 2.75) is 64.6 Å². The van der Waals surface area contributed by atoms with E-state index in [0.29, 0.717) is 32.4 Å². The number of nitrogens with two attached hydrogens (primary N) is 1. The molecule has 6 nitrogen and oxygen atoms in total. The number of rotatable bonds is 4. The van der Waals surface area contributed by atoms with Crippen LogP contribution in [0.4, 0.5) is 4.79 Å². The van der Waals surface area contributed by atoms with Crippen LogP contribution in [0.5, 0.6) is 0 Å². The lowest BCUT2D eigenvalue weighted by Gasteiger charge is -2.28. The number of esters is 1. The van der Waals surface area contributed by atoms with Gasteiger partial charge in [-0.1, -0.05) is 0 Å². The van der Waals surface area contributed by atoms with Gasteiger partial charge < -0.3 is 20.1 Å². The Bertz CT molecular complexity index is 352. The molecule has 0 saturated carbocycles. The van der Waals surface area contributed by atoms with Gasteiger partial charge in [-0.15, -0.1) is 0 Å². The van der Waals surface area contributed by atoms with Crippen LogP contribution in [-0.2, 0) is 14.3 Å². The number of hydrogen-bond donors (Lipinski definition) is 1. The third-order valence-corrected chi connectivity index (χ3v) is 3.06. The highest BCUT2D eigenvalue weighted by atomic mass is 16.6. The zero-order valence-corrected chi connectivity index (χ0v) is 12.8. The highest BCUT2D eigenvalue weighted by molar-refractivity contribution is 5.70. The van der Waals surface area contributed by atoms with Crippen molar-refractivity contribution in [2.24, 2.45) is 5.73 Å². The molecular weight excluding hydrogens is 260 g/mol. The maximum Gasteiger partial charge on any atom is 0.410 e. The van der Waals surface area contributed by atoms with Crippen molar-refractivity contribution in [3.05, 3.63) is 0 Å². The second kappa shape index (κ2) is 6.92. The van der Waals surface area contributed by atoms with Crippen LogP contribution in [0.2, 0.25) is 0 Å². The highest BCUT2D eigenvalue weighted by Gasteiger charge is 2.36. The van der Waals surface area contributed by atoms with E-state index in [4.69, 9.17) is 15.2 Å². The van der Waals surface area contributed by atoms with E-state index in [1.54, 1.807) is 11.8 Å². The Morgan fingerprint density at radius 3 is 2.55 bits per heavy atom. The Hall–Kier alpha value is -1.30. The van der Waals surface area contributed by atoms with Gasteiger partial charge in [0, 0.05) is 25.0 Å². The zero-order valence-electron chi connectivity index (χ0n) is 12.8. The highest BCUT2D eigenvalue weighted by Crippen LogP contribution is 2.23. The minimum absolute atomic E-state index is 0.0516. The fraction of sp³-hybridized carbons (Fsp3) is 0.857. The average Bonchev–Trinajstić information content (AvgIpc) is 2.66. The van der Waals surface area contributed by atoms with Gasteiger partial charge in [0.15, 0.2) is 0 Å². The molecule has 1 saturated heterocycles. The minimum Gasteiger partial charge on any atom is -0.466 e. The Balaban J connectivity index is 2.55. The monoisotopic (exact) mass is 286 g/mol. The lowest BCUT2D eigenvalue weighted by Crippen LogP contribution is -2.40. The van der Waals surface area contributed by atoms with Gasteiger partial charge in [-0.05, 0) is 40.5 Å². The van der Waals surface area contributed by atoms with Crippen molar-refractivity contribution >= 4 is 12.1 Å². The largest absolute Gasteiger partial charge is 0.466 e. The van der Waals surface area contributed by atoms with Gasteiger partial charge in [-0.3, -0.25) is 4.79 Å². The Morgan fingerprint density at radius 2 is 2.00 bits per heavy atom. The molecule has 1 heterocycles. The van der Waals surface area contributed by atoms with Gasteiger partial charge in [0.25, 0.3) is 0 Å². The van der Waals surface area contributed by atoms with Crippen LogP contribution in [0, 0.1) is 0 Å². The quantitative estimate of drug-likeness (QED) is 0.795. The number of carbonyl (C=O) groups excluding carboxylic acids is 2. The molecule has 1 aliphatic rings. The average molecular weight is 286 g/mol. The summed E-state index contributed by atoms with van der Waals surface area (Å²) in [5.41, 5.74) is 5.38. The molecule has 6 heteroatoms. The van der Waals surface area contributed by atoms with E-state index in [-0.39, 0.29) is 24.1 Å². The first-order chi connectivity index (χ1) is 9.23. The summed E-state index contributed by atoms with van der Waals surface area (Å²) in [6.45, 7) is 8.11. The van der Waals surface area contributed by atoms with E-state index in [9.17, 15) is 9.59 Å². The molecule has 0 bridgehead atoms. The van der Waals surface area contributed by atoms with E-state index >= 15 is 0 Å². The minimum atomic E-state index is -0.532. The molecule has 0 unspecified atom stereocenters. The lowest BCUT2D eigenvalue weighted by atomic mass is 10.1. The van der Waals surface area contributed by atoms with Crippen LogP contribution < -0.4 is 5.73 Å². The lowest BCUT2D eigenvalue weighted by molar-refractivity contribution is -0.143. The maximum absolute atomic E-state index is 12.1. The summed E-state index contributed by atoms with van der Waals surface area (Å²) < 4.78 is 10.3. The molecule has 0 aliphatic carbocycles. The maximum atomic E-state index is 12.1. The summed E-state index contributed by atoms with van der Waals surface area (Å²) in [6, 6.07) is -0.112. The summed E-state index contributed by atoms with van der Waals surface area (Å²) >= 11 is 0. The standard InChI is InChI=1S/C14H26N2O4/c1-5-19-12(17)7-6-11-8-10(15)9-16(11)13(18)20-14(2,3)4/h10-11H,5-9,15H2,1-4H3/t10-,11+/m0/s1. The van der Waals surface area contributed by atoms with E-state index in [2.05, 4.69) is 0 Å². The molecule has 0 aromatic heterocycles. The number of hydrogen-bond acceptors (Lipinski definition) is 5. The molecule has 0 aromatic rings. The summed E-state index contributed by atoms with van der Waals surface area (Å²) in [7, 11) is 0. The predicted molar refractivity (Wildman–Crippen MR) is 75.2 cm³/mol. The molecule has 2 N–H and O–H groups in total. The van der Waals surface area contributed by atoms with Gasteiger partial charge in [-0.25, -0.2) is 4.79 Å². The van der Waals surface area contributed by atoms with Crippen molar-refractivity contribution < 1.29 is 19.1 Å². The fourth-order valence-electron chi connectivity index (χ4n) is 2.29. The number of likely N-dealkylation sites (tertiary alicyclic amines) is 1. The first kappa shape index (κ1) is 16.8. The van der Waals surface area contributed by atoms with E-state index in [0.717, 1.165) is 0 Å². The Labute approximate surface area is 120 Å². The van der Waals surface area contributed by atoms with Crippen LogP contribution in [-0.4, -0.2) is 47.8 Å². The second-order valence-electron chi connectivity index (χ2n) is 6.13. The summed E-state index contributed by atoms with van der Waals surface area (Å²) in [5.74, 6) is -0.239. The normalized spacial score (nSPS) is 22.8. The molecule has 1 fully saturated rings. The number of ether oxygens (including phenoxy) is 2. The molecule has 1 aliphatic heterocycles. The fourth-order valence-corrected chi connectivity index (χ4v) is 2.29. The topological polar surface area (TPSA) is 81.9 Å². The summed E-state index contributed by atoms with van der Waals surface area (Å²) in [4.78, 5) is 25.2. The molecule has 116 valence electrons. The van der Waals surface area contributed by atoms with E-state index in [1.807, 2.05) is 20.8 Å². The number of amides is 1. The van der Waals surface area contributed by atoms with Gasteiger partial charge in [0.1, 0.15) is 5.60 Å². The van der Waals surface area contributed by atoms with Crippen molar-refractivity contribution in [3.8, 4) is 0 Å². The molecule has 1 rings (SSSR count). The Kier molecular flexibility index (Phi) is 5.80. The molecule has 0 radical (unpaired) electrons. The van der Waals surface area contributed by atoms with Gasteiger partial charge in [0.05, 0.1) is 6.61 Å². The van der Waals surface area contributed by atoms with Crippen molar-refractivity contribution in [2.75, 3.05) is 13.2 Å². The zero-order chi connectivity index (χ0) is 15.3. The van der Waals surface area contributed by atoms with Crippen LogP contribution >= 0.6 is 0 Å². The molecule has 20 heavy (non-hydrogen) atoms. The smallest absolute Gasteiger partial charge is 0.410 e. The predicted octanol–water partition coefficient (Wildman–Crippen LogP) is 1.67. The van der Waals surface area contributed by atoms with Crippen molar-refractivity contribution in [1.82, 2.24) is 4.90 Å². The first-order valence-corrected chi connectivity index (χ1v) is 7.13. The van der Waals surface area contributed by atoms with Crippen LogP contribution in [0.15, 0.2) is 0 Å². The van der Waals surface area contributed by atoms with Crippen LogP contribution in [0.25, 0.3) is 0 Å². The molecular formula is C14H26N2O4. The van der Waals surface area contributed by atoms with Crippen LogP contribution in [0.3, 0.4) is 0 Å². The van der Waals surface area contributed by atoms with E-state index < -0.39 is 5.60 Å². The van der Waals surface area contributed by atoms with Gasteiger partial charge in [0.2, 0.25) is 0 Å². The van der Waals surface area contributed by atoms with E-state index in [1.165, 1.54) is 0 Å². The van der Waals surface area contributed by atoms with Crippen molar-refractivity contribution in [3.63, 3.8) is 0 Å². The SMILES string of the molecule is CCOC(=O)CC[C@@H]1C[C@H](N)CN1C(=O)OC(C)(C)C. The molecule has 2 atom stereocenters. The molecule has 0 aromatic carbocycles. The summed E-state index contributed by atoms with van der Waals surface area (Å²) in [5, 5.41) is 0. The third-order valence-electron chi connectivity index (χ3n) is 3.06. The van der Waals surface area contributed by atoms with Gasteiger partial charge >= 0.3 is 12.1 Å². The van der Waals surface area contributed by atoms with Gasteiger partial charge in [-0.2, -0.15) is 0 Å². The molecule has 0 spiro atoms. The van der Waals surface area contributed by atoms with Crippen molar-refractivity contribution in [1.29, 1.82) is 0 Å². The first-order valence-electron chi connectivity index (χ1n) is 7.13.